The molecule has 7 heteroatoms. The van der Waals surface area contributed by atoms with Crippen molar-refractivity contribution in [3.63, 3.8) is 0 Å². The fourth-order valence-corrected chi connectivity index (χ4v) is 4.10. The predicted molar refractivity (Wildman–Crippen MR) is 123 cm³/mol. The highest BCUT2D eigenvalue weighted by Crippen LogP contribution is 2.23. The van der Waals surface area contributed by atoms with E-state index >= 15 is 0 Å². The minimum absolute atomic E-state index is 0. The second-order valence-corrected chi connectivity index (χ2v) is 7.34. The number of nitrogens with one attached hydrogen (secondary N) is 2. The van der Waals surface area contributed by atoms with E-state index in [9.17, 15) is 4.79 Å². The van der Waals surface area contributed by atoms with Crippen LogP contribution in [0.1, 0.15) is 28.5 Å². The number of carbonyl (C=O) groups is 1. The highest BCUT2D eigenvalue weighted by atomic mass is 127. The number of amides is 1. The van der Waals surface area contributed by atoms with Gasteiger partial charge in [-0.05, 0) is 41.0 Å². The van der Waals surface area contributed by atoms with Gasteiger partial charge in [-0.1, -0.05) is 31.2 Å². The van der Waals surface area contributed by atoms with Gasteiger partial charge in [-0.3, -0.25) is 9.79 Å². The average Bonchev–Trinajstić information content (AvgIpc) is 3.16. The molecule has 1 aromatic heterocycles. The number of benzene rings is 1. The summed E-state index contributed by atoms with van der Waals surface area (Å²) in [4.78, 5) is 20.1. The first-order valence-electron chi connectivity index (χ1n) is 9.05. The van der Waals surface area contributed by atoms with Gasteiger partial charge in [-0.15, -0.1) is 35.3 Å². The van der Waals surface area contributed by atoms with Crippen molar-refractivity contribution in [3.05, 3.63) is 57.3 Å². The van der Waals surface area contributed by atoms with Crippen molar-refractivity contribution in [1.82, 2.24) is 15.5 Å². The Morgan fingerprint density at radius 3 is 2.74 bits per heavy atom. The van der Waals surface area contributed by atoms with Crippen LogP contribution in [0.3, 0.4) is 0 Å². The van der Waals surface area contributed by atoms with Crippen molar-refractivity contribution in [2.75, 3.05) is 20.1 Å². The zero-order valence-electron chi connectivity index (χ0n) is 15.8. The third-order valence-electron chi connectivity index (χ3n) is 4.74. The number of hydrogen-bond acceptors (Lipinski definition) is 3. The van der Waals surface area contributed by atoms with Gasteiger partial charge in [-0.2, -0.15) is 0 Å². The summed E-state index contributed by atoms with van der Waals surface area (Å²) in [7, 11) is 1.73. The molecule has 1 aromatic carbocycles. The monoisotopic (exact) mass is 498 g/mol. The fourth-order valence-electron chi connectivity index (χ4n) is 3.21. The largest absolute Gasteiger partial charge is 0.352 e. The molecular weight excluding hydrogens is 471 g/mol. The Bertz CT molecular complexity index is 790. The summed E-state index contributed by atoms with van der Waals surface area (Å²) in [6.45, 7) is 4.62. The Labute approximate surface area is 182 Å². The Kier molecular flexibility index (Phi) is 8.56. The van der Waals surface area contributed by atoms with Crippen LogP contribution in [-0.2, 0) is 30.7 Å². The molecule has 5 nitrogen and oxygen atoms in total. The summed E-state index contributed by atoms with van der Waals surface area (Å²) in [6.07, 6.45) is 1.96. The van der Waals surface area contributed by atoms with Gasteiger partial charge in [-0.25, -0.2) is 0 Å². The molecule has 0 saturated carbocycles. The Morgan fingerprint density at radius 2 is 2.00 bits per heavy atom. The van der Waals surface area contributed by atoms with Gasteiger partial charge in [0.15, 0.2) is 5.96 Å². The van der Waals surface area contributed by atoms with Crippen LogP contribution in [-0.4, -0.2) is 36.9 Å². The first-order chi connectivity index (χ1) is 12.7. The maximum absolute atomic E-state index is 12.5. The molecule has 27 heavy (non-hydrogen) atoms. The molecule has 2 heterocycles. The lowest BCUT2D eigenvalue weighted by Gasteiger charge is -2.27. The van der Waals surface area contributed by atoms with E-state index in [0.717, 1.165) is 25.9 Å². The Balaban J connectivity index is 0.00000261. The van der Waals surface area contributed by atoms with Crippen molar-refractivity contribution >= 4 is 47.2 Å². The average molecular weight is 498 g/mol. The van der Waals surface area contributed by atoms with E-state index in [2.05, 4.69) is 52.2 Å². The second kappa shape index (κ2) is 10.7. The molecule has 0 spiro atoms. The van der Waals surface area contributed by atoms with Gasteiger partial charge in [0.05, 0.1) is 6.54 Å². The van der Waals surface area contributed by atoms with Crippen LogP contribution in [0.25, 0.3) is 0 Å². The molecule has 1 aliphatic heterocycles. The molecule has 2 aromatic rings. The first kappa shape index (κ1) is 21.7. The number of carbonyl (C=O) groups excluding carboxylic acids is 1. The Morgan fingerprint density at radius 1 is 1.22 bits per heavy atom. The molecule has 0 aliphatic carbocycles. The molecule has 1 amide bonds. The summed E-state index contributed by atoms with van der Waals surface area (Å²) in [6, 6.07) is 10.5. The van der Waals surface area contributed by atoms with Crippen LogP contribution in [0.4, 0.5) is 0 Å². The van der Waals surface area contributed by atoms with Crippen LogP contribution in [0.5, 0.6) is 0 Å². The third-order valence-corrected chi connectivity index (χ3v) is 5.76. The summed E-state index contributed by atoms with van der Waals surface area (Å²) < 4.78 is 0. The molecule has 0 saturated heterocycles. The van der Waals surface area contributed by atoms with Crippen molar-refractivity contribution in [2.24, 2.45) is 4.99 Å². The van der Waals surface area contributed by atoms with Crippen LogP contribution in [0.2, 0.25) is 0 Å². The minimum atomic E-state index is 0. The van der Waals surface area contributed by atoms with Crippen LogP contribution < -0.4 is 10.6 Å². The van der Waals surface area contributed by atoms with Crippen LogP contribution in [0.15, 0.2) is 40.7 Å². The smallest absolute Gasteiger partial charge is 0.242 e. The summed E-state index contributed by atoms with van der Waals surface area (Å²) in [5, 5.41) is 8.55. The number of aryl methyl sites for hydroxylation is 1. The van der Waals surface area contributed by atoms with E-state index in [-0.39, 0.29) is 36.4 Å². The van der Waals surface area contributed by atoms with Crippen molar-refractivity contribution in [1.29, 1.82) is 0 Å². The Hall–Kier alpha value is -1.61. The summed E-state index contributed by atoms with van der Waals surface area (Å²) in [5.74, 6) is 0.760. The van der Waals surface area contributed by atoms with Crippen LogP contribution in [0, 0.1) is 0 Å². The lowest BCUT2D eigenvalue weighted by Crippen LogP contribution is -2.45. The zero-order chi connectivity index (χ0) is 18.4. The van der Waals surface area contributed by atoms with E-state index in [1.807, 2.05) is 11.0 Å². The summed E-state index contributed by atoms with van der Waals surface area (Å²) >= 11 is 1.79. The van der Waals surface area contributed by atoms with Crippen molar-refractivity contribution < 1.29 is 4.79 Å². The van der Waals surface area contributed by atoms with E-state index in [0.29, 0.717) is 12.5 Å². The lowest BCUT2D eigenvalue weighted by molar-refractivity contribution is -0.130. The van der Waals surface area contributed by atoms with Gasteiger partial charge in [0.1, 0.15) is 0 Å². The van der Waals surface area contributed by atoms with Crippen molar-refractivity contribution in [2.45, 2.75) is 32.9 Å². The maximum Gasteiger partial charge on any atom is 0.242 e. The maximum atomic E-state index is 12.5. The zero-order valence-corrected chi connectivity index (χ0v) is 19.0. The second-order valence-electron chi connectivity index (χ2n) is 6.34. The normalized spacial score (nSPS) is 13.6. The van der Waals surface area contributed by atoms with E-state index in [1.54, 1.807) is 18.4 Å². The van der Waals surface area contributed by atoms with Gasteiger partial charge in [0, 0.05) is 31.6 Å². The molecule has 1 aliphatic rings. The number of aliphatic imine (C=N–C) groups is 1. The van der Waals surface area contributed by atoms with Crippen LogP contribution >= 0.6 is 35.3 Å². The minimum Gasteiger partial charge on any atom is -0.352 e. The highest BCUT2D eigenvalue weighted by Gasteiger charge is 2.21. The van der Waals surface area contributed by atoms with Gasteiger partial charge in [0.2, 0.25) is 5.91 Å². The van der Waals surface area contributed by atoms with Gasteiger partial charge >= 0.3 is 0 Å². The number of guanidine groups is 1. The standard InChI is InChI=1S/C20H26N4OS.HI/c1-3-15-6-4-5-7-16(15)12-22-20(21-2)23-13-19(25)24-10-8-18-17(14-24)9-11-26-18;/h4-7,9,11H,3,8,10,12-14H2,1-2H3,(H2,21,22,23);1H. The summed E-state index contributed by atoms with van der Waals surface area (Å²) in [5.41, 5.74) is 3.87. The molecule has 0 atom stereocenters. The molecule has 0 fully saturated rings. The van der Waals surface area contributed by atoms with E-state index in [4.69, 9.17) is 0 Å². The SMILES string of the molecule is CCc1ccccc1CNC(=NC)NCC(=O)N1CCc2sccc2C1.I. The quantitative estimate of drug-likeness (QED) is 0.379. The molecule has 2 N–H and O–H groups in total. The number of halogens is 1. The lowest BCUT2D eigenvalue weighted by atomic mass is 10.1. The fraction of sp³-hybridized carbons (Fsp3) is 0.400. The molecule has 0 unspecified atom stereocenters. The topological polar surface area (TPSA) is 56.7 Å². The number of thiophene rings is 1. The van der Waals surface area contributed by atoms with Gasteiger partial charge in [0.25, 0.3) is 0 Å². The molecule has 0 radical (unpaired) electrons. The van der Waals surface area contributed by atoms with Crippen molar-refractivity contribution in [3.8, 4) is 0 Å². The number of rotatable bonds is 5. The third kappa shape index (κ3) is 5.68. The van der Waals surface area contributed by atoms with E-state index < -0.39 is 0 Å². The number of nitrogens with zero attached hydrogens (tertiary/aromatic N) is 2. The number of fused-ring (bicyclic) bond motifs is 1. The highest BCUT2D eigenvalue weighted by molar-refractivity contribution is 14.0. The van der Waals surface area contributed by atoms with Gasteiger partial charge < -0.3 is 15.5 Å². The molecular formula is C20H27IN4OS. The number of hydrogen-bond donors (Lipinski definition) is 2. The van der Waals surface area contributed by atoms with E-state index in [1.165, 1.54) is 21.6 Å². The molecule has 146 valence electrons. The molecule has 0 bridgehead atoms. The first-order valence-corrected chi connectivity index (χ1v) is 9.93. The predicted octanol–water partition coefficient (Wildman–Crippen LogP) is 3.18. The molecule has 3 rings (SSSR count).